The Kier molecular flexibility index (Phi) is 5.14. The molecule has 0 aromatic heterocycles. The van der Waals surface area contributed by atoms with Crippen LogP contribution in [0.1, 0.15) is 11.6 Å². The molecule has 0 saturated heterocycles. The van der Waals surface area contributed by atoms with Gasteiger partial charge in [-0.3, -0.25) is 0 Å². The van der Waals surface area contributed by atoms with Crippen molar-refractivity contribution in [1.29, 1.82) is 0 Å². The fraction of sp³-hybridized carbons (Fsp3) is 0.455. The number of nitrogens with one attached hydrogen (secondary N) is 1. The van der Waals surface area contributed by atoms with Gasteiger partial charge in [0.1, 0.15) is 5.75 Å². The Balaban J connectivity index is 2.63. The zero-order valence-corrected chi connectivity index (χ0v) is 9.12. The Morgan fingerprint density at radius 1 is 1.31 bits per heavy atom. The summed E-state index contributed by atoms with van der Waals surface area (Å²) in [5.74, 6) is 0.730. The van der Waals surface area contributed by atoms with Crippen molar-refractivity contribution in [2.45, 2.75) is 12.5 Å². The standard InChI is InChI=1S/C11H16F2N2O/c1-16-9-4-2-8(3-5-9)10(6-14)15-7-11(12)13/h2-5,10-11,15H,6-7,14H2,1H3. The quantitative estimate of drug-likeness (QED) is 0.779. The second-order valence-electron chi connectivity index (χ2n) is 3.36. The molecule has 5 heteroatoms. The number of halogens is 2. The van der Waals surface area contributed by atoms with E-state index in [0.29, 0.717) is 0 Å². The van der Waals surface area contributed by atoms with E-state index in [1.807, 2.05) is 12.1 Å². The van der Waals surface area contributed by atoms with Crippen molar-refractivity contribution in [3.05, 3.63) is 29.8 Å². The molecule has 1 rings (SSSR count). The van der Waals surface area contributed by atoms with Gasteiger partial charge in [0.05, 0.1) is 13.7 Å². The molecule has 0 radical (unpaired) electrons. The van der Waals surface area contributed by atoms with Gasteiger partial charge in [-0.15, -0.1) is 0 Å². The molecule has 1 unspecified atom stereocenters. The molecule has 0 fully saturated rings. The third-order valence-corrected chi connectivity index (χ3v) is 2.27. The summed E-state index contributed by atoms with van der Waals surface area (Å²) in [6.45, 7) is -0.0764. The van der Waals surface area contributed by atoms with Gasteiger partial charge in [-0.05, 0) is 17.7 Å². The molecule has 0 saturated carbocycles. The van der Waals surface area contributed by atoms with Crippen molar-refractivity contribution in [1.82, 2.24) is 5.32 Å². The average molecular weight is 230 g/mol. The molecule has 1 atom stereocenters. The molecule has 0 amide bonds. The van der Waals surface area contributed by atoms with Crippen molar-refractivity contribution >= 4 is 0 Å². The zero-order valence-electron chi connectivity index (χ0n) is 9.12. The summed E-state index contributed by atoms with van der Waals surface area (Å²) in [4.78, 5) is 0. The largest absolute Gasteiger partial charge is 0.497 e. The predicted molar refractivity (Wildman–Crippen MR) is 58.8 cm³/mol. The van der Waals surface area contributed by atoms with Gasteiger partial charge >= 0.3 is 0 Å². The Morgan fingerprint density at radius 3 is 2.38 bits per heavy atom. The van der Waals surface area contributed by atoms with Crippen LogP contribution < -0.4 is 15.8 Å². The van der Waals surface area contributed by atoms with Crippen molar-refractivity contribution in [2.75, 3.05) is 20.2 Å². The van der Waals surface area contributed by atoms with E-state index in [-0.39, 0.29) is 19.1 Å². The molecular weight excluding hydrogens is 214 g/mol. The first kappa shape index (κ1) is 12.9. The van der Waals surface area contributed by atoms with Crippen LogP contribution in [0.3, 0.4) is 0 Å². The highest BCUT2D eigenvalue weighted by atomic mass is 19.3. The lowest BCUT2D eigenvalue weighted by Crippen LogP contribution is -2.31. The van der Waals surface area contributed by atoms with Crippen LogP contribution in [0, 0.1) is 0 Å². The maximum Gasteiger partial charge on any atom is 0.250 e. The fourth-order valence-corrected chi connectivity index (χ4v) is 1.40. The van der Waals surface area contributed by atoms with E-state index >= 15 is 0 Å². The van der Waals surface area contributed by atoms with Gasteiger partial charge in [-0.1, -0.05) is 12.1 Å². The number of hydrogen-bond acceptors (Lipinski definition) is 3. The smallest absolute Gasteiger partial charge is 0.250 e. The van der Waals surface area contributed by atoms with Crippen LogP contribution in [0.4, 0.5) is 8.78 Å². The lowest BCUT2D eigenvalue weighted by molar-refractivity contribution is 0.141. The lowest BCUT2D eigenvalue weighted by Gasteiger charge is -2.17. The van der Waals surface area contributed by atoms with Gasteiger partial charge in [-0.2, -0.15) is 0 Å². The minimum absolute atomic E-state index is 0.250. The van der Waals surface area contributed by atoms with E-state index in [4.69, 9.17) is 10.5 Å². The van der Waals surface area contributed by atoms with E-state index in [1.165, 1.54) is 0 Å². The normalized spacial score (nSPS) is 12.8. The molecule has 1 aromatic carbocycles. The van der Waals surface area contributed by atoms with Crippen LogP contribution in [-0.2, 0) is 0 Å². The molecule has 90 valence electrons. The SMILES string of the molecule is COc1ccc(C(CN)NCC(F)F)cc1. The number of nitrogens with two attached hydrogens (primary N) is 1. The third kappa shape index (κ3) is 3.75. The molecule has 0 spiro atoms. The summed E-state index contributed by atoms with van der Waals surface area (Å²) in [6, 6.07) is 6.94. The average Bonchev–Trinajstić information content (AvgIpc) is 2.30. The molecule has 0 aliphatic rings. The highest BCUT2D eigenvalue weighted by Gasteiger charge is 2.11. The fourth-order valence-electron chi connectivity index (χ4n) is 1.40. The zero-order chi connectivity index (χ0) is 12.0. The Labute approximate surface area is 93.6 Å². The molecule has 3 nitrogen and oxygen atoms in total. The van der Waals surface area contributed by atoms with Crippen molar-refractivity contribution < 1.29 is 13.5 Å². The molecule has 0 aliphatic carbocycles. The first-order valence-corrected chi connectivity index (χ1v) is 5.03. The molecule has 0 aliphatic heterocycles. The van der Waals surface area contributed by atoms with Crippen LogP contribution in [0.25, 0.3) is 0 Å². The minimum atomic E-state index is -2.37. The number of hydrogen-bond donors (Lipinski definition) is 2. The third-order valence-electron chi connectivity index (χ3n) is 2.27. The number of alkyl halides is 2. The maximum atomic E-state index is 12.0. The molecule has 16 heavy (non-hydrogen) atoms. The Morgan fingerprint density at radius 2 is 1.94 bits per heavy atom. The molecule has 3 N–H and O–H groups in total. The van der Waals surface area contributed by atoms with Gasteiger partial charge in [-0.25, -0.2) is 8.78 Å². The Hall–Kier alpha value is -1.20. The van der Waals surface area contributed by atoms with Gasteiger partial charge in [0, 0.05) is 12.6 Å². The van der Waals surface area contributed by atoms with E-state index in [9.17, 15) is 8.78 Å². The van der Waals surface area contributed by atoms with E-state index in [2.05, 4.69) is 5.32 Å². The van der Waals surface area contributed by atoms with Crippen LogP contribution in [0.5, 0.6) is 5.75 Å². The van der Waals surface area contributed by atoms with Crippen molar-refractivity contribution in [2.24, 2.45) is 5.73 Å². The summed E-state index contributed by atoms with van der Waals surface area (Å²) < 4.78 is 29.1. The lowest BCUT2D eigenvalue weighted by atomic mass is 10.1. The van der Waals surface area contributed by atoms with Gasteiger partial charge in [0.2, 0.25) is 0 Å². The van der Waals surface area contributed by atoms with E-state index < -0.39 is 6.43 Å². The number of benzene rings is 1. The Bertz CT molecular complexity index is 303. The van der Waals surface area contributed by atoms with Crippen molar-refractivity contribution in [3.8, 4) is 5.75 Å². The van der Waals surface area contributed by atoms with Crippen LogP contribution in [0.15, 0.2) is 24.3 Å². The van der Waals surface area contributed by atoms with E-state index in [0.717, 1.165) is 11.3 Å². The van der Waals surface area contributed by atoms with Crippen LogP contribution in [-0.4, -0.2) is 26.6 Å². The van der Waals surface area contributed by atoms with Gasteiger partial charge in [0.15, 0.2) is 0 Å². The maximum absolute atomic E-state index is 12.0. The van der Waals surface area contributed by atoms with Crippen LogP contribution in [0.2, 0.25) is 0 Å². The highest BCUT2D eigenvalue weighted by Crippen LogP contribution is 2.17. The second-order valence-corrected chi connectivity index (χ2v) is 3.36. The number of ether oxygens (including phenoxy) is 1. The predicted octanol–water partition coefficient (Wildman–Crippen LogP) is 1.55. The molecule has 1 aromatic rings. The topological polar surface area (TPSA) is 47.3 Å². The summed E-state index contributed by atoms with van der Waals surface area (Å²) >= 11 is 0. The first-order chi connectivity index (χ1) is 7.67. The van der Waals surface area contributed by atoms with Gasteiger partial charge in [0.25, 0.3) is 6.43 Å². The van der Waals surface area contributed by atoms with Crippen LogP contribution >= 0.6 is 0 Å². The number of rotatable bonds is 6. The van der Waals surface area contributed by atoms with E-state index in [1.54, 1.807) is 19.2 Å². The summed E-state index contributed by atoms with van der Waals surface area (Å²) in [6.07, 6.45) is -2.37. The van der Waals surface area contributed by atoms with Gasteiger partial charge < -0.3 is 15.8 Å². The second kappa shape index (κ2) is 6.40. The monoisotopic (exact) mass is 230 g/mol. The minimum Gasteiger partial charge on any atom is -0.497 e. The summed E-state index contributed by atoms with van der Waals surface area (Å²) in [7, 11) is 1.57. The summed E-state index contributed by atoms with van der Waals surface area (Å²) in [5, 5.41) is 2.71. The number of methoxy groups -OCH3 is 1. The first-order valence-electron chi connectivity index (χ1n) is 5.03. The highest BCUT2D eigenvalue weighted by molar-refractivity contribution is 5.29. The summed E-state index contributed by atoms with van der Waals surface area (Å²) in [5.41, 5.74) is 6.40. The van der Waals surface area contributed by atoms with Crippen molar-refractivity contribution in [3.63, 3.8) is 0 Å². The molecule has 0 heterocycles. The molecular formula is C11H16F2N2O. The molecule has 0 bridgehead atoms.